The van der Waals surface area contributed by atoms with Crippen molar-refractivity contribution in [3.8, 4) is 0 Å². The number of rotatable bonds is 6. The predicted molar refractivity (Wildman–Crippen MR) is 75.2 cm³/mol. The van der Waals surface area contributed by atoms with Crippen LogP contribution in [-0.4, -0.2) is 25.0 Å². The van der Waals surface area contributed by atoms with Gasteiger partial charge in [0.2, 0.25) is 5.91 Å². The highest BCUT2D eigenvalue weighted by Gasteiger charge is 2.28. The summed E-state index contributed by atoms with van der Waals surface area (Å²) in [6.07, 6.45) is -0.566. The number of carbonyl (C=O) groups is 2. The molecule has 0 heterocycles. The van der Waals surface area contributed by atoms with Crippen LogP contribution in [0.3, 0.4) is 0 Å². The number of amides is 1. The zero-order chi connectivity index (χ0) is 16.9. The molecule has 1 atom stereocenters. The Kier molecular flexibility index (Phi) is 6.82. The van der Waals surface area contributed by atoms with E-state index in [0.717, 1.165) is 0 Å². The fraction of sp³-hybridized carbons (Fsp3) is 0.385. The number of halogens is 4. The number of ether oxygens (including phenoxy) is 1. The number of hydrogen-bond donors (Lipinski definition) is 2. The van der Waals surface area contributed by atoms with E-state index in [1.165, 1.54) is 0 Å². The van der Waals surface area contributed by atoms with Gasteiger partial charge in [0.25, 0.3) is 0 Å². The quantitative estimate of drug-likeness (QED) is 0.581. The van der Waals surface area contributed by atoms with E-state index in [0.29, 0.717) is 6.07 Å². The number of carbonyl (C=O) groups excluding carboxylic acids is 2. The van der Waals surface area contributed by atoms with Crippen LogP contribution in [0.2, 0.25) is 0 Å². The van der Waals surface area contributed by atoms with Gasteiger partial charge >= 0.3 is 5.97 Å². The van der Waals surface area contributed by atoms with Crippen molar-refractivity contribution in [1.82, 2.24) is 5.32 Å². The minimum atomic E-state index is -1.49. The highest BCUT2D eigenvalue weighted by molar-refractivity contribution is 9.10. The maximum atomic E-state index is 14.1. The summed E-state index contributed by atoms with van der Waals surface area (Å²) in [6, 6.07) is -0.831. The normalized spacial score (nSPS) is 11.9. The average Bonchev–Trinajstić information content (AvgIpc) is 2.45. The van der Waals surface area contributed by atoms with Gasteiger partial charge in [-0.1, -0.05) is 0 Å². The van der Waals surface area contributed by atoms with Gasteiger partial charge in [0.05, 0.1) is 35.7 Å². The van der Waals surface area contributed by atoms with Crippen LogP contribution in [0, 0.1) is 17.5 Å². The van der Waals surface area contributed by atoms with Crippen molar-refractivity contribution in [2.45, 2.75) is 19.4 Å². The van der Waals surface area contributed by atoms with Crippen LogP contribution in [0.15, 0.2) is 10.5 Å². The fourth-order valence-electron chi connectivity index (χ4n) is 1.76. The van der Waals surface area contributed by atoms with Gasteiger partial charge in [-0.05, 0) is 28.9 Å². The third-order valence-electron chi connectivity index (χ3n) is 2.69. The molecule has 0 bridgehead atoms. The first-order valence-corrected chi connectivity index (χ1v) is 7.09. The maximum absolute atomic E-state index is 14.1. The van der Waals surface area contributed by atoms with E-state index in [1.54, 1.807) is 6.92 Å². The highest BCUT2D eigenvalue weighted by atomic mass is 79.9. The molecule has 0 saturated heterocycles. The van der Waals surface area contributed by atoms with E-state index >= 15 is 0 Å². The Balaban J connectivity index is 3.26. The highest BCUT2D eigenvalue weighted by Crippen LogP contribution is 2.30. The van der Waals surface area contributed by atoms with E-state index in [4.69, 9.17) is 5.73 Å². The Morgan fingerprint density at radius 1 is 1.36 bits per heavy atom. The zero-order valence-corrected chi connectivity index (χ0v) is 13.2. The lowest BCUT2D eigenvalue weighted by Gasteiger charge is -2.20. The minimum Gasteiger partial charge on any atom is -0.466 e. The van der Waals surface area contributed by atoms with Crippen molar-refractivity contribution in [2.75, 3.05) is 13.2 Å². The molecule has 0 aliphatic heterocycles. The summed E-state index contributed by atoms with van der Waals surface area (Å²) < 4.78 is 45.8. The Hall–Kier alpha value is -1.61. The zero-order valence-electron chi connectivity index (χ0n) is 11.6. The van der Waals surface area contributed by atoms with Gasteiger partial charge in [0.15, 0.2) is 11.6 Å². The molecular weight excluding hydrogens is 369 g/mol. The molecule has 0 spiro atoms. The average molecular weight is 383 g/mol. The molecule has 9 heteroatoms. The van der Waals surface area contributed by atoms with E-state index in [1.807, 2.05) is 0 Å². The van der Waals surface area contributed by atoms with Crippen LogP contribution < -0.4 is 11.1 Å². The summed E-state index contributed by atoms with van der Waals surface area (Å²) in [5.41, 5.74) is 4.35. The minimum absolute atomic E-state index is 0.0498. The predicted octanol–water partition coefficient (Wildman–Crippen LogP) is 1.94. The summed E-state index contributed by atoms with van der Waals surface area (Å²) in [6.45, 7) is 1.14. The molecule has 0 saturated carbocycles. The molecular formula is C13H14BrF3N2O3. The first-order valence-electron chi connectivity index (χ1n) is 6.29. The molecule has 22 heavy (non-hydrogen) atoms. The first-order chi connectivity index (χ1) is 10.3. The Bertz CT molecular complexity index is 558. The number of benzene rings is 1. The van der Waals surface area contributed by atoms with Crippen molar-refractivity contribution in [3.63, 3.8) is 0 Å². The SMILES string of the molecule is CCOC(=O)CC(NC(=O)CN)c1c(F)c(F)cc(Br)c1F. The van der Waals surface area contributed by atoms with Crippen molar-refractivity contribution >= 4 is 27.8 Å². The van der Waals surface area contributed by atoms with Gasteiger partial charge in [-0.25, -0.2) is 13.2 Å². The lowest BCUT2D eigenvalue weighted by atomic mass is 10.0. The summed E-state index contributed by atoms with van der Waals surface area (Å²) in [5.74, 6) is -5.49. The standard InChI is InChI=1S/C13H14BrF3N2O3/c1-2-22-10(21)4-8(19-9(20)5-18)11-12(16)6(14)3-7(15)13(11)17/h3,8H,2,4-5,18H2,1H3,(H,19,20). The smallest absolute Gasteiger partial charge is 0.308 e. The third kappa shape index (κ3) is 4.44. The van der Waals surface area contributed by atoms with Gasteiger partial charge in [0, 0.05) is 0 Å². The molecule has 0 aliphatic carbocycles. The van der Waals surface area contributed by atoms with Crippen LogP contribution in [0.1, 0.15) is 24.9 Å². The molecule has 1 rings (SSSR count). The lowest BCUT2D eigenvalue weighted by Crippen LogP contribution is -2.36. The second kappa shape index (κ2) is 8.14. The molecule has 122 valence electrons. The summed E-state index contributed by atoms with van der Waals surface area (Å²) in [7, 11) is 0. The van der Waals surface area contributed by atoms with Gasteiger partial charge in [-0.3, -0.25) is 9.59 Å². The second-order valence-electron chi connectivity index (χ2n) is 4.22. The largest absolute Gasteiger partial charge is 0.466 e. The molecule has 0 radical (unpaired) electrons. The third-order valence-corrected chi connectivity index (χ3v) is 3.27. The van der Waals surface area contributed by atoms with Crippen molar-refractivity contribution in [2.24, 2.45) is 5.73 Å². The van der Waals surface area contributed by atoms with Gasteiger partial charge in [-0.15, -0.1) is 0 Å². The Labute approximate surface area is 133 Å². The topological polar surface area (TPSA) is 81.4 Å². The lowest BCUT2D eigenvalue weighted by molar-refractivity contribution is -0.143. The van der Waals surface area contributed by atoms with Gasteiger partial charge < -0.3 is 15.8 Å². The fourth-order valence-corrected chi connectivity index (χ4v) is 2.18. The van der Waals surface area contributed by atoms with Crippen molar-refractivity contribution < 1.29 is 27.5 Å². The maximum Gasteiger partial charge on any atom is 0.308 e. The van der Waals surface area contributed by atoms with E-state index in [-0.39, 0.29) is 11.1 Å². The molecule has 0 aromatic heterocycles. The molecule has 0 aliphatic rings. The van der Waals surface area contributed by atoms with E-state index in [9.17, 15) is 22.8 Å². The second-order valence-corrected chi connectivity index (χ2v) is 5.07. The van der Waals surface area contributed by atoms with Crippen LogP contribution in [-0.2, 0) is 14.3 Å². The molecule has 1 unspecified atom stereocenters. The van der Waals surface area contributed by atoms with Crippen molar-refractivity contribution in [1.29, 1.82) is 0 Å². The Morgan fingerprint density at radius 3 is 2.55 bits per heavy atom. The molecule has 1 aromatic carbocycles. The summed E-state index contributed by atoms with van der Waals surface area (Å²) >= 11 is 2.74. The van der Waals surface area contributed by atoms with Crippen molar-refractivity contribution in [3.05, 3.63) is 33.6 Å². The van der Waals surface area contributed by atoms with Crippen LogP contribution in [0.25, 0.3) is 0 Å². The van der Waals surface area contributed by atoms with Crippen LogP contribution in [0.4, 0.5) is 13.2 Å². The number of nitrogens with two attached hydrogens (primary N) is 1. The van der Waals surface area contributed by atoms with Gasteiger partial charge in [-0.2, -0.15) is 0 Å². The van der Waals surface area contributed by atoms with Crippen LogP contribution >= 0.6 is 15.9 Å². The van der Waals surface area contributed by atoms with Crippen LogP contribution in [0.5, 0.6) is 0 Å². The first kappa shape index (κ1) is 18.4. The number of esters is 1. The van der Waals surface area contributed by atoms with E-state index < -0.39 is 53.9 Å². The number of nitrogens with one attached hydrogen (secondary N) is 1. The molecule has 0 fully saturated rings. The molecule has 3 N–H and O–H groups in total. The molecule has 1 aromatic rings. The summed E-state index contributed by atoms with van der Waals surface area (Å²) in [4.78, 5) is 22.9. The Morgan fingerprint density at radius 2 is 2.00 bits per heavy atom. The summed E-state index contributed by atoms with van der Waals surface area (Å²) in [5, 5.41) is 2.18. The number of hydrogen-bond acceptors (Lipinski definition) is 4. The molecule has 5 nitrogen and oxygen atoms in total. The van der Waals surface area contributed by atoms with E-state index in [2.05, 4.69) is 26.0 Å². The van der Waals surface area contributed by atoms with Gasteiger partial charge in [0.1, 0.15) is 5.82 Å². The molecule has 1 amide bonds. The monoisotopic (exact) mass is 382 g/mol.